The fraction of sp³-hybridized carbons (Fsp3) is 0.263. The van der Waals surface area contributed by atoms with E-state index in [9.17, 15) is 18.0 Å². The van der Waals surface area contributed by atoms with Crippen molar-refractivity contribution in [1.29, 1.82) is 0 Å². The minimum Gasteiger partial charge on any atom is -0.468 e. The van der Waals surface area contributed by atoms with Gasteiger partial charge in [-0.15, -0.1) is 0 Å². The van der Waals surface area contributed by atoms with Crippen LogP contribution in [0, 0.1) is 0 Å². The average Bonchev–Trinajstić information content (AvgIpc) is 2.64. The molecule has 0 aliphatic rings. The molecule has 0 saturated carbocycles. The zero-order chi connectivity index (χ0) is 19.0. The summed E-state index contributed by atoms with van der Waals surface area (Å²) in [6.07, 6.45) is -2.94. The van der Waals surface area contributed by atoms with Gasteiger partial charge in [0.25, 0.3) is 11.9 Å². The molecule has 0 saturated heterocycles. The first-order valence-electron chi connectivity index (χ1n) is 8.01. The monoisotopic (exact) mass is 364 g/mol. The van der Waals surface area contributed by atoms with Gasteiger partial charge in [-0.3, -0.25) is 10.1 Å². The molecule has 0 bridgehead atoms. The summed E-state index contributed by atoms with van der Waals surface area (Å²) in [7, 11) is 1.34. The molecule has 0 unspecified atom stereocenters. The highest BCUT2D eigenvalue weighted by Gasteiger charge is 2.30. The molecule has 0 radical (unpaired) electrons. The Morgan fingerprint density at radius 1 is 1.12 bits per heavy atom. The lowest BCUT2D eigenvalue weighted by atomic mass is 10.1. The number of hydrogen-bond donors (Lipinski definition) is 1. The van der Waals surface area contributed by atoms with E-state index in [0.29, 0.717) is 6.54 Å². The molecule has 0 atom stereocenters. The van der Waals surface area contributed by atoms with Gasteiger partial charge in [-0.2, -0.15) is 13.2 Å². The van der Waals surface area contributed by atoms with Gasteiger partial charge < -0.3 is 4.74 Å². The Balaban J connectivity index is 1.93. The smallest absolute Gasteiger partial charge is 0.416 e. The summed E-state index contributed by atoms with van der Waals surface area (Å²) in [5.41, 5.74) is 0.174. The first-order valence-corrected chi connectivity index (χ1v) is 8.01. The molecular weight excluding hydrogens is 345 g/mol. The van der Waals surface area contributed by atoms with E-state index in [2.05, 4.69) is 10.3 Å². The third-order valence-corrected chi connectivity index (χ3v) is 3.59. The van der Waals surface area contributed by atoms with Crippen molar-refractivity contribution in [3.05, 3.63) is 71.3 Å². The molecule has 2 rings (SSSR count). The average molecular weight is 364 g/mol. The van der Waals surface area contributed by atoms with Gasteiger partial charge >= 0.3 is 6.18 Å². The molecule has 0 aromatic heterocycles. The van der Waals surface area contributed by atoms with E-state index < -0.39 is 17.6 Å². The Morgan fingerprint density at radius 2 is 1.85 bits per heavy atom. The number of halogens is 3. The number of aliphatic imine (C=N–C) groups is 1. The molecule has 0 spiro atoms. The number of nitrogens with zero attached hydrogens (tertiary/aromatic N) is 1. The number of amides is 1. The third kappa shape index (κ3) is 5.91. The van der Waals surface area contributed by atoms with Gasteiger partial charge in [-0.05, 0) is 36.6 Å². The van der Waals surface area contributed by atoms with Crippen LogP contribution in [0.5, 0.6) is 0 Å². The molecule has 26 heavy (non-hydrogen) atoms. The van der Waals surface area contributed by atoms with Gasteiger partial charge in [0, 0.05) is 12.1 Å². The van der Waals surface area contributed by atoms with Gasteiger partial charge in [0.05, 0.1) is 12.7 Å². The highest BCUT2D eigenvalue weighted by atomic mass is 19.4. The summed E-state index contributed by atoms with van der Waals surface area (Å²) in [5.74, 6) is -0.709. The van der Waals surface area contributed by atoms with Crippen LogP contribution in [0.1, 0.15) is 27.9 Å². The van der Waals surface area contributed by atoms with E-state index in [1.165, 1.54) is 24.8 Å². The number of carbonyl (C=O) groups is 1. The van der Waals surface area contributed by atoms with E-state index >= 15 is 0 Å². The molecule has 138 valence electrons. The van der Waals surface area contributed by atoms with Crippen molar-refractivity contribution in [2.45, 2.75) is 19.0 Å². The van der Waals surface area contributed by atoms with Crippen molar-refractivity contribution >= 4 is 11.9 Å². The lowest BCUT2D eigenvalue weighted by Crippen LogP contribution is -2.32. The summed E-state index contributed by atoms with van der Waals surface area (Å²) in [6, 6.07) is 14.0. The second-order valence-corrected chi connectivity index (χ2v) is 5.51. The van der Waals surface area contributed by atoms with E-state index in [4.69, 9.17) is 4.74 Å². The maximum absolute atomic E-state index is 12.7. The fourth-order valence-electron chi connectivity index (χ4n) is 2.27. The SMILES string of the molecule is COC(=NCCCc1ccccc1)NC(=O)c1cccc(C(F)(F)F)c1. The van der Waals surface area contributed by atoms with Crippen LogP contribution in [-0.2, 0) is 17.3 Å². The molecule has 4 nitrogen and oxygen atoms in total. The van der Waals surface area contributed by atoms with Crippen LogP contribution in [0.15, 0.2) is 59.6 Å². The van der Waals surface area contributed by atoms with E-state index in [0.717, 1.165) is 25.0 Å². The largest absolute Gasteiger partial charge is 0.468 e. The Hall–Kier alpha value is -2.83. The van der Waals surface area contributed by atoms with Gasteiger partial charge in [-0.25, -0.2) is 4.99 Å². The summed E-state index contributed by atoms with van der Waals surface area (Å²) in [6.45, 7) is 0.418. The van der Waals surface area contributed by atoms with Gasteiger partial charge in [0.15, 0.2) is 0 Å². The minimum atomic E-state index is -4.51. The molecule has 0 fully saturated rings. The summed E-state index contributed by atoms with van der Waals surface area (Å²) in [4.78, 5) is 16.2. The van der Waals surface area contributed by atoms with Crippen LogP contribution < -0.4 is 5.32 Å². The van der Waals surface area contributed by atoms with Crippen molar-refractivity contribution < 1.29 is 22.7 Å². The molecule has 2 aromatic carbocycles. The zero-order valence-electron chi connectivity index (χ0n) is 14.2. The quantitative estimate of drug-likeness (QED) is 0.494. The fourth-order valence-corrected chi connectivity index (χ4v) is 2.27. The molecule has 7 heteroatoms. The molecule has 1 amide bonds. The molecule has 1 N–H and O–H groups in total. The van der Waals surface area contributed by atoms with Crippen LogP contribution in [-0.4, -0.2) is 25.6 Å². The van der Waals surface area contributed by atoms with E-state index in [1.54, 1.807) is 0 Å². The van der Waals surface area contributed by atoms with Crippen LogP contribution in [0.4, 0.5) is 13.2 Å². The molecule has 2 aromatic rings. The Morgan fingerprint density at radius 3 is 2.50 bits per heavy atom. The van der Waals surface area contributed by atoms with E-state index in [1.807, 2.05) is 30.3 Å². The van der Waals surface area contributed by atoms with Crippen molar-refractivity contribution in [3.63, 3.8) is 0 Å². The number of hydrogen-bond acceptors (Lipinski definition) is 3. The number of carbonyl (C=O) groups excluding carboxylic acids is 1. The number of nitrogens with one attached hydrogen (secondary N) is 1. The summed E-state index contributed by atoms with van der Waals surface area (Å²) < 4.78 is 43.2. The number of benzene rings is 2. The lowest BCUT2D eigenvalue weighted by molar-refractivity contribution is -0.137. The minimum absolute atomic E-state index is 0.0273. The number of aryl methyl sites for hydroxylation is 1. The van der Waals surface area contributed by atoms with Crippen LogP contribution in [0.3, 0.4) is 0 Å². The number of methoxy groups -OCH3 is 1. The highest BCUT2D eigenvalue weighted by Crippen LogP contribution is 2.29. The highest BCUT2D eigenvalue weighted by molar-refractivity contribution is 6.04. The number of alkyl halides is 3. The first kappa shape index (κ1) is 19.5. The van der Waals surface area contributed by atoms with E-state index in [-0.39, 0.29) is 11.6 Å². The zero-order valence-corrected chi connectivity index (χ0v) is 14.2. The second kappa shape index (κ2) is 9.03. The predicted molar refractivity (Wildman–Crippen MR) is 93.0 cm³/mol. The molecule has 0 aliphatic carbocycles. The van der Waals surface area contributed by atoms with Crippen molar-refractivity contribution in [2.24, 2.45) is 4.99 Å². The first-order chi connectivity index (χ1) is 12.4. The van der Waals surface area contributed by atoms with Crippen LogP contribution >= 0.6 is 0 Å². The standard InChI is InChI=1S/C19H19F3N2O2/c1-26-18(23-12-6-9-14-7-3-2-4-8-14)24-17(25)15-10-5-11-16(13-15)19(20,21)22/h2-5,7-8,10-11,13H,6,9,12H2,1H3,(H,23,24,25). The molecule has 0 aliphatic heterocycles. The Labute approximate surface area is 149 Å². The van der Waals surface area contributed by atoms with Crippen LogP contribution in [0.2, 0.25) is 0 Å². The normalized spacial score (nSPS) is 11.9. The Bertz CT molecular complexity index is 759. The Kier molecular flexibility index (Phi) is 6.77. The third-order valence-electron chi connectivity index (χ3n) is 3.59. The number of ether oxygens (including phenoxy) is 1. The van der Waals surface area contributed by atoms with Crippen molar-refractivity contribution in [1.82, 2.24) is 5.32 Å². The lowest BCUT2D eigenvalue weighted by Gasteiger charge is -2.10. The van der Waals surface area contributed by atoms with Gasteiger partial charge in [0.1, 0.15) is 0 Å². The van der Waals surface area contributed by atoms with Crippen LogP contribution in [0.25, 0.3) is 0 Å². The number of rotatable bonds is 5. The number of amidine groups is 1. The van der Waals surface area contributed by atoms with Gasteiger partial charge in [0.2, 0.25) is 0 Å². The maximum Gasteiger partial charge on any atom is 0.416 e. The predicted octanol–water partition coefficient (Wildman–Crippen LogP) is 4.07. The van der Waals surface area contributed by atoms with Crippen molar-refractivity contribution in [3.8, 4) is 0 Å². The topological polar surface area (TPSA) is 50.7 Å². The maximum atomic E-state index is 12.7. The van der Waals surface area contributed by atoms with Crippen molar-refractivity contribution in [2.75, 3.05) is 13.7 Å². The second-order valence-electron chi connectivity index (χ2n) is 5.51. The summed E-state index contributed by atoms with van der Waals surface area (Å²) in [5, 5.41) is 2.38. The van der Waals surface area contributed by atoms with Gasteiger partial charge in [-0.1, -0.05) is 36.4 Å². The molecular formula is C19H19F3N2O2. The summed E-state index contributed by atoms with van der Waals surface area (Å²) >= 11 is 0. The molecule has 0 heterocycles.